The van der Waals surface area contributed by atoms with E-state index in [0.717, 1.165) is 55.2 Å². The largest absolute Gasteiger partial charge is 0.379 e. The van der Waals surface area contributed by atoms with Crippen LogP contribution in [0.4, 0.5) is 0 Å². The van der Waals surface area contributed by atoms with Crippen molar-refractivity contribution < 1.29 is 9.26 Å². The Kier molecular flexibility index (Phi) is 6.66. The third-order valence-electron chi connectivity index (χ3n) is 4.33. The standard InChI is InChI=1S/C20H28N4O2/c1-3-21-20(24(2)11-12-25-15-16-9-10-16)22-14-18-13-19(26-23-18)17-7-5-4-6-8-17/h4-8,13,16H,3,9-12,14-15H2,1-2H3,(H,21,22). The first-order valence-electron chi connectivity index (χ1n) is 9.34. The molecule has 0 saturated heterocycles. The monoisotopic (exact) mass is 356 g/mol. The molecule has 0 atom stereocenters. The maximum Gasteiger partial charge on any atom is 0.194 e. The van der Waals surface area contributed by atoms with E-state index >= 15 is 0 Å². The van der Waals surface area contributed by atoms with E-state index < -0.39 is 0 Å². The van der Waals surface area contributed by atoms with Crippen molar-refractivity contribution >= 4 is 5.96 Å². The molecule has 3 rings (SSSR count). The molecule has 0 unspecified atom stereocenters. The Bertz CT molecular complexity index is 695. The number of hydrogen-bond donors (Lipinski definition) is 1. The quantitative estimate of drug-likeness (QED) is 0.425. The molecule has 0 bridgehead atoms. The average Bonchev–Trinajstić information content (AvgIpc) is 3.38. The van der Waals surface area contributed by atoms with Gasteiger partial charge in [-0.25, -0.2) is 4.99 Å². The molecule has 0 amide bonds. The molecule has 2 aromatic rings. The van der Waals surface area contributed by atoms with Gasteiger partial charge in [-0.15, -0.1) is 0 Å². The summed E-state index contributed by atoms with van der Waals surface area (Å²) in [5, 5.41) is 7.45. The number of hydrogen-bond acceptors (Lipinski definition) is 4. The second-order valence-corrected chi connectivity index (χ2v) is 6.66. The van der Waals surface area contributed by atoms with Crippen molar-refractivity contribution in [3.8, 4) is 11.3 Å². The number of aliphatic imine (C=N–C) groups is 1. The summed E-state index contributed by atoms with van der Waals surface area (Å²) in [7, 11) is 2.03. The summed E-state index contributed by atoms with van der Waals surface area (Å²) in [6.45, 7) is 5.79. The molecule has 1 aromatic carbocycles. The first-order chi connectivity index (χ1) is 12.8. The zero-order valence-electron chi connectivity index (χ0n) is 15.6. The molecule has 6 nitrogen and oxygen atoms in total. The lowest BCUT2D eigenvalue weighted by Crippen LogP contribution is -2.40. The van der Waals surface area contributed by atoms with E-state index in [1.165, 1.54) is 12.8 Å². The van der Waals surface area contributed by atoms with Gasteiger partial charge >= 0.3 is 0 Å². The summed E-state index contributed by atoms with van der Waals surface area (Å²) in [5.41, 5.74) is 1.84. The number of aromatic nitrogens is 1. The fourth-order valence-electron chi connectivity index (χ4n) is 2.59. The van der Waals surface area contributed by atoms with Crippen LogP contribution in [0.5, 0.6) is 0 Å². The molecule has 1 heterocycles. The normalized spacial score (nSPS) is 14.5. The van der Waals surface area contributed by atoms with E-state index in [1.54, 1.807) is 0 Å². The smallest absolute Gasteiger partial charge is 0.194 e. The third-order valence-corrected chi connectivity index (χ3v) is 4.33. The number of ether oxygens (including phenoxy) is 1. The number of likely N-dealkylation sites (N-methyl/N-ethyl adjacent to an activating group) is 1. The van der Waals surface area contributed by atoms with Crippen molar-refractivity contribution in [1.29, 1.82) is 0 Å². The van der Waals surface area contributed by atoms with E-state index in [1.807, 2.05) is 43.4 Å². The molecule has 1 fully saturated rings. The van der Waals surface area contributed by atoms with Crippen LogP contribution in [0.3, 0.4) is 0 Å². The molecular weight excluding hydrogens is 328 g/mol. The Balaban J connectivity index is 1.53. The van der Waals surface area contributed by atoms with Crippen molar-refractivity contribution in [3.63, 3.8) is 0 Å². The van der Waals surface area contributed by atoms with Crippen LogP contribution in [-0.2, 0) is 11.3 Å². The number of nitrogens with one attached hydrogen (secondary N) is 1. The van der Waals surface area contributed by atoms with Crippen molar-refractivity contribution in [2.45, 2.75) is 26.3 Å². The number of benzene rings is 1. The van der Waals surface area contributed by atoms with Crippen molar-refractivity contribution in [3.05, 3.63) is 42.1 Å². The molecule has 0 spiro atoms. The molecule has 0 aliphatic heterocycles. The van der Waals surface area contributed by atoms with Crippen LogP contribution in [0.2, 0.25) is 0 Å². The van der Waals surface area contributed by atoms with Crippen molar-refractivity contribution in [2.75, 3.05) is 33.4 Å². The topological polar surface area (TPSA) is 62.9 Å². The van der Waals surface area contributed by atoms with E-state index in [9.17, 15) is 0 Å². The van der Waals surface area contributed by atoms with Gasteiger partial charge < -0.3 is 19.5 Å². The highest BCUT2D eigenvalue weighted by Gasteiger charge is 2.21. The van der Waals surface area contributed by atoms with Crippen LogP contribution in [-0.4, -0.2) is 49.4 Å². The van der Waals surface area contributed by atoms with E-state index in [2.05, 4.69) is 27.3 Å². The lowest BCUT2D eigenvalue weighted by atomic mass is 10.2. The van der Waals surface area contributed by atoms with Gasteiger partial charge in [0.2, 0.25) is 0 Å². The van der Waals surface area contributed by atoms with Crippen molar-refractivity contribution in [1.82, 2.24) is 15.4 Å². The summed E-state index contributed by atoms with van der Waals surface area (Å²) < 4.78 is 11.2. The number of nitrogens with zero attached hydrogens (tertiary/aromatic N) is 3. The minimum absolute atomic E-state index is 0.478. The van der Waals surface area contributed by atoms with Gasteiger partial charge in [-0.1, -0.05) is 35.5 Å². The second kappa shape index (κ2) is 9.38. The zero-order chi connectivity index (χ0) is 18.2. The minimum Gasteiger partial charge on any atom is -0.379 e. The fourth-order valence-corrected chi connectivity index (χ4v) is 2.59. The molecule has 1 aliphatic rings. The molecule has 0 radical (unpaired) electrons. The average molecular weight is 356 g/mol. The van der Waals surface area contributed by atoms with Crippen LogP contribution < -0.4 is 5.32 Å². The highest BCUT2D eigenvalue weighted by Crippen LogP contribution is 2.28. The first kappa shape index (κ1) is 18.5. The van der Waals surface area contributed by atoms with Gasteiger partial charge in [-0.05, 0) is 25.7 Å². The summed E-state index contributed by atoms with van der Waals surface area (Å²) in [6, 6.07) is 11.9. The Hall–Kier alpha value is -2.34. The highest BCUT2D eigenvalue weighted by atomic mass is 16.5. The van der Waals surface area contributed by atoms with Gasteiger partial charge in [-0.3, -0.25) is 0 Å². The van der Waals surface area contributed by atoms with Crippen LogP contribution in [0, 0.1) is 5.92 Å². The van der Waals surface area contributed by atoms with Gasteiger partial charge in [-0.2, -0.15) is 0 Å². The van der Waals surface area contributed by atoms with Crippen LogP contribution in [0.25, 0.3) is 11.3 Å². The molecule has 26 heavy (non-hydrogen) atoms. The van der Waals surface area contributed by atoms with Crippen LogP contribution >= 0.6 is 0 Å². The number of guanidine groups is 1. The first-order valence-corrected chi connectivity index (χ1v) is 9.34. The minimum atomic E-state index is 0.478. The Labute approximate surface area is 155 Å². The summed E-state index contributed by atoms with van der Waals surface area (Å²) in [4.78, 5) is 6.76. The molecule has 1 N–H and O–H groups in total. The lowest BCUT2D eigenvalue weighted by Gasteiger charge is -2.21. The van der Waals surface area contributed by atoms with Crippen LogP contribution in [0.1, 0.15) is 25.5 Å². The lowest BCUT2D eigenvalue weighted by molar-refractivity contribution is 0.115. The van der Waals surface area contributed by atoms with Gasteiger partial charge in [0.05, 0.1) is 13.2 Å². The maximum atomic E-state index is 5.72. The highest BCUT2D eigenvalue weighted by molar-refractivity contribution is 5.79. The second-order valence-electron chi connectivity index (χ2n) is 6.66. The number of rotatable bonds is 9. The van der Waals surface area contributed by atoms with Gasteiger partial charge in [0.1, 0.15) is 5.69 Å². The Morgan fingerprint density at radius 1 is 1.35 bits per heavy atom. The molecule has 140 valence electrons. The zero-order valence-corrected chi connectivity index (χ0v) is 15.6. The van der Waals surface area contributed by atoms with E-state index in [0.29, 0.717) is 6.54 Å². The molecular formula is C20H28N4O2. The van der Waals surface area contributed by atoms with Gasteiger partial charge in [0.15, 0.2) is 11.7 Å². The maximum absolute atomic E-state index is 5.72. The molecule has 1 aromatic heterocycles. The molecule has 1 aliphatic carbocycles. The van der Waals surface area contributed by atoms with Gasteiger partial charge in [0, 0.05) is 38.4 Å². The predicted octanol–water partition coefficient (Wildman–Crippen LogP) is 3.17. The van der Waals surface area contributed by atoms with E-state index in [-0.39, 0.29) is 0 Å². The summed E-state index contributed by atoms with van der Waals surface area (Å²) >= 11 is 0. The Morgan fingerprint density at radius 2 is 2.15 bits per heavy atom. The molecule has 6 heteroatoms. The van der Waals surface area contributed by atoms with Crippen molar-refractivity contribution in [2.24, 2.45) is 10.9 Å². The third kappa shape index (κ3) is 5.59. The van der Waals surface area contributed by atoms with Crippen LogP contribution in [0.15, 0.2) is 45.9 Å². The van der Waals surface area contributed by atoms with Gasteiger partial charge in [0.25, 0.3) is 0 Å². The predicted molar refractivity (Wildman–Crippen MR) is 103 cm³/mol. The summed E-state index contributed by atoms with van der Waals surface area (Å²) in [6.07, 6.45) is 2.64. The SMILES string of the molecule is CCNC(=NCc1cc(-c2ccccc2)on1)N(C)CCOCC1CC1. The summed E-state index contributed by atoms with van der Waals surface area (Å²) in [5.74, 6) is 2.42. The molecule has 1 saturated carbocycles. The Morgan fingerprint density at radius 3 is 2.88 bits per heavy atom. The fraction of sp³-hybridized carbons (Fsp3) is 0.500. The van der Waals surface area contributed by atoms with E-state index in [4.69, 9.17) is 9.26 Å².